The summed E-state index contributed by atoms with van der Waals surface area (Å²) in [6.45, 7) is 0.783. The lowest BCUT2D eigenvalue weighted by Crippen LogP contribution is -2.34. The molecule has 108 valence electrons. The number of hydrogen-bond acceptors (Lipinski definition) is 4. The molecule has 0 heterocycles. The van der Waals surface area contributed by atoms with E-state index in [9.17, 15) is 13.2 Å². The van der Waals surface area contributed by atoms with Gasteiger partial charge in [-0.15, -0.1) is 0 Å². The highest BCUT2D eigenvalue weighted by molar-refractivity contribution is 5.42. The minimum absolute atomic E-state index is 0.164. The van der Waals surface area contributed by atoms with Gasteiger partial charge in [0.2, 0.25) is 0 Å². The van der Waals surface area contributed by atoms with Crippen LogP contribution in [0.3, 0.4) is 0 Å². The molecule has 1 unspecified atom stereocenters. The van der Waals surface area contributed by atoms with Crippen LogP contribution in [0.25, 0.3) is 0 Å². The van der Waals surface area contributed by atoms with Gasteiger partial charge in [-0.05, 0) is 13.0 Å². The SMILES string of the molecule is COc1ccc([C@H](C)N)c(OCC(O)C(F)(F)F)c1. The highest BCUT2D eigenvalue weighted by Gasteiger charge is 2.38. The molecule has 0 fully saturated rings. The van der Waals surface area contributed by atoms with E-state index >= 15 is 0 Å². The van der Waals surface area contributed by atoms with E-state index in [2.05, 4.69) is 0 Å². The van der Waals surface area contributed by atoms with Crippen molar-refractivity contribution in [3.8, 4) is 11.5 Å². The molecule has 4 nitrogen and oxygen atoms in total. The third kappa shape index (κ3) is 4.29. The van der Waals surface area contributed by atoms with Crippen molar-refractivity contribution in [3.05, 3.63) is 23.8 Å². The summed E-state index contributed by atoms with van der Waals surface area (Å²) in [5.74, 6) is 0.596. The number of alkyl halides is 3. The van der Waals surface area contributed by atoms with Crippen LogP contribution in [0.1, 0.15) is 18.5 Å². The van der Waals surface area contributed by atoms with Crippen molar-refractivity contribution in [2.45, 2.75) is 25.2 Å². The largest absolute Gasteiger partial charge is 0.497 e. The number of benzene rings is 1. The molecule has 0 radical (unpaired) electrons. The Morgan fingerprint density at radius 3 is 2.47 bits per heavy atom. The van der Waals surface area contributed by atoms with Gasteiger partial charge in [0.15, 0.2) is 6.10 Å². The molecule has 0 spiro atoms. The van der Waals surface area contributed by atoms with Gasteiger partial charge in [0.25, 0.3) is 0 Å². The molecule has 0 aliphatic carbocycles. The first-order valence-electron chi connectivity index (χ1n) is 5.56. The number of nitrogens with two attached hydrogens (primary N) is 1. The molecule has 1 aromatic rings. The van der Waals surface area contributed by atoms with Crippen molar-refractivity contribution in [2.24, 2.45) is 5.73 Å². The second-order valence-corrected chi connectivity index (χ2v) is 4.06. The van der Waals surface area contributed by atoms with Crippen LogP contribution < -0.4 is 15.2 Å². The van der Waals surface area contributed by atoms with Gasteiger partial charge in [-0.1, -0.05) is 6.07 Å². The van der Waals surface area contributed by atoms with Crippen molar-refractivity contribution in [3.63, 3.8) is 0 Å². The first kappa shape index (κ1) is 15.6. The Bertz CT molecular complexity index is 421. The minimum Gasteiger partial charge on any atom is -0.497 e. The van der Waals surface area contributed by atoms with Crippen molar-refractivity contribution < 1.29 is 27.8 Å². The van der Waals surface area contributed by atoms with Crippen LogP contribution >= 0.6 is 0 Å². The summed E-state index contributed by atoms with van der Waals surface area (Å²) in [5, 5.41) is 8.89. The number of rotatable bonds is 5. The summed E-state index contributed by atoms with van der Waals surface area (Å²) in [7, 11) is 1.43. The summed E-state index contributed by atoms with van der Waals surface area (Å²) >= 11 is 0. The van der Waals surface area contributed by atoms with E-state index in [4.69, 9.17) is 20.3 Å². The molecule has 0 saturated heterocycles. The van der Waals surface area contributed by atoms with Crippen LogP contribution in [0.5, 0.6) is 11.5 Å². The lowest BCUT2D eigenvalue weighted by atomic mass is 10.1. The smallest absolute Gasteiger partial charge is 0.417 e. The zero-order valence-corrected chi connectivity index (χ0v) is 10.6. The summed E-state index contributed by atoms with van der Waals surface area (Å²) in [6.07, 6.45) is -7.26. The monoisotopic (exact) mass is 279 g/mol. The molecule has 0 bridgehead atoms. The summed E-state index contributed by atoms with van der Waals surface area (Å²) in [4.78, 5) is 0. The average Bonchev–Trinajstić information content (AvgIpc) is 2.33. The Hall–Kier alpha value is -1.47. The highest BCUT2D eigenvalue weighted by Crippen LogP contribution is 2.29. The van der Waals surface area contributed by atoms with Gasteiger partial charge in [-0.25, -0.2) is 0 Å². The number of hydrogen-bond donors (Lipinski definition) is 2. The molecule has 3 N–H and O–H groups in total. The highest BCUT2D eigenvalue weighted by atomic mass is 19.4. The lowest BCUT2D eigenvalue weighted by molar-refractivity contribution is -0.210. The van der Waals surface area contributed by atoms with Crippen LogP contribution in [0.2, 0.25) is 0 Å². The Balaban J connectivity index is 2.86. The maximum absolute atomic E-state index is 12.2. The number of methoxy groups -OCH3 is 1. The molecule has 0 aromatic heterocycles. The first-order chi connectivity index (χ1) is 8.75. The first-order valence-corrected chi connectivity index (χ1v) is 5.56. The van der Waals surface area contributed by atoms with E-state index in [1.165, 1.54) is 13.2 Å². The zero-order chi connectivity index (χ0) is 14.6. The Labute approximate surface area is 108 Å². The maximum Gasteiger partial charge on any atom is 0.417 e. The second kappa shape index (κ2) is 6.12. The fraction of sp³-hybridized carbons (Fsp3) is 0.500. The van der Waals surface area contributed by atoms with E-state index in [-0.39, 0.29) is 5.75 Å². The number of aliphatic hydroxyl groups is 1. The predicted octanol–water partition coefficient (Wildman–Crippen LogP) is 2.02. The molecule has 7 heteroatoms. The number of ether oxygens (including phenoxy) is 2. The van der Waals surface area contributed by atoms with Gasteiger partial charge in [-0.2, -0.15) is 13.2 Å². The molecule has 1 rings (SSSR count). The van der Waals surface area contributed by atoms with Crippen LogP contribution in [-0.4, -0.2) is 31.1 Å². The van der Waals surface area contributed by atoms with Crippen LogP contribution in [0.4, 0.5) is 13.2 Å². The maximum atomic E-state index is 12.2. The van der Waals surface area contributed by atoms with E-state index in [1.807, 2.05) is 0 Å². The number of halogens is 3. The standard InChI is InChI=1S/C12H16F3NO3/c1-7(16)9-4-3-8(18-2)5-10(9)19-6-11(17)12(13,14)15/h3-5,7,11,17H,6,16H2,1-2H3/t7-,11?/m0/s1. The molecular weight excluding hydrogens is 263 g/mol. The van der Waals surface area contributed by atoms with E-state index in [0.717, 1.165) is 0 Å². The molecule has 0 saturated carbocycles. The van der Waals surface area contributed by atoms with Gasteiger partial charge >= 0.3 is 6.18 Å². The van der Waals surface area contributed by atoms with E-state index in [1.54, 1.807) is 19.1 Å². The van der Waals surface area contributed by atoms with Gasteiger partial charge in [0, 0.05) is 17.7 Å². The quantitative estimate of drug-likeness (QED) is 0.865. The third-order valence-electron chi connectivity index (χ3n) is 2.49. The van der Waals surface area contributed by atoms with Gasteiger partial charge in [-0.3, -0.25) is 0 Å². The lowest BCUT2D eigenvalue weighted by Gasteiger charge is -2.18. The summed E-state index contributed by atoms with van der Waals surface area (Å²) in [6, 6.07) is 4.26. The number of aliphatic hydroxyl groups excluding tert-OH is 1. The van der Waals surface area contributed by atoms with Gasteiger partial charge in [0.1, 0.15) is 18.1 Å². The van der Waals surface area contributed by atoms with Crippen LogP contribution in [-0.2, 0) is 0 Å². The molecule has 2 atom stereocenters. The predicted molar refractivity (Wildman–Crippen MR) is 63.2 cm³/mol. The topological polar surface area (TPSA) is 64.7 Å². The molecular formula is C12H16F3NO3. The van der Waals surface area contributed by atoms with Crippen molar-refractivity contribution in [2.75, 3.05) is 13.7 Å². The molecule has 19 heavy (non-hydrogen) atoms. The summed E-state index contributed by atoms with van der Waals surface area (Å²) < 4.78 is 46.5. The molecule has 0 amide bonds. The zero-order valence-electron chi connectivity index (χ0n) is 10.6. The average molecular weight is 279 g/mol. The third-order valence-corrected chi connectivity index (χ3v) is 2.49. The van der Waals surface area contributed by atoms with Crippen LogP contribution in [0.15, 0.2) is 18.2 Å². The van der Waals surface area contributed by atoms with Gasteiger partial charge < -0.3 is 20.3 Å². The van der Waals surface area contributed by atoms with Crippen LogP contribution in [0, 0.1) is 0 Å². The van der Waals surface area contributed by atoms with E-state index in [0.29, 0.717) is 11.3 Å². The molecule has 0 aliphatic rings. The fourth-order valence-electron chi connectivity index (χ4n) is 1.41. The second-order valence-electron chi connectivity index (χ2n) is 4.06. The van der Waals surface area contributed by atoms with Crippen molar-refractivity contribution in [1.82, 2.24) is 0 Å². The van der Waals surface area contributed by atoms with Crippen molar-refractivity contribution in [1.29, 1.82) is 0 Å². The molecule has 0 aliphatic heterocycles. The Morgan fingerprint density at radius 2 is 2.00 bits per heavy atom. The molecule has 1 aromatic carbocycles. The normalized spacial score (nSPS) is 14.9. The van der Waals surface area contributed by atoms with Crippen molar-refractivity contribution >= 4 is 0 Å². The van der Waals surface area contributed by atoms with Gasteiger partial charge in [0.05, 0.1) is 7.11 Å². The minimum atomic E-state index is -4.71. The Morgan fingerprint density at radius 1 is 1.37 bits per heavy atom. The summed E-state index contributed by atoms with van der Waals surface area (Å²) in [5.41, 5.74) is 6.23. The fourth-order valence-corrected chi connectivity index (χ4v) is 1.41. The van der Waals surface area contributed by atoms with E-state index < -0.39 is 24.9 Å². The Kier molecular flexibility index (Phi) is 5.02.